The topological polar surface area (TPSA) is 63.9 Å². The molecular weight excluding hydrogens is 330 g/mol. The number of anilines is 1. The maximum absolute atomic E-state index is 12.3. The van der Waals surface area contributed by atoms with Crippen LogP contribution in [0, 0.1) is 0 Å². The number of carbonyl (C=O) groups excluding carboxylic acids is 1. The van der Waals surface area contributed by atoms with Gasteiger partial charge in [0.2, 0.25) is 11.1 Å². The molecular formula is C15H15N5OS2. The number of hydrogen-bond acceptors (Lipinski definition) is 6. The smallest absolute Gasteiger partial charge is 0.237 e. The minimum absolute atomic E-state index is 0.00636. The molecule has 0 aliphatic carbocycles. The third kappa shape index (κ3) is 3.96. The normalized spacial score (nSPS) is 10.7. The molecule has 0 saturated heterocycles. The zero-order chi connectivity index (χ0) is 16.1. The van der Waals surface area contributed by atoms with E-state index in [9.17, 15) is 4.79 Å². The largest absolute Gasteiger partial charge is 0.315 e. The molecule has 0 aliphatic heterocycles. The fraction of sp³-hybridized carbons (Fsp3) is 0.200. The van der Waals surface area contributed by atoms with Crippen molar-refractivity contribution in [3.63, 3.8) is 0 Å². The van der Waals surface area contributed by atoms with Crippen LogP contribution in [-0.2, 0) is 11.3 Å². The van der Waals surface area contributed by atoms with E-state index >= 15 is 0 Å². The summed E-state index contributed by atoms with van der Waals surface area (Å²) in [5, 5.41) is 14.4. The Morgan fingerprint density at radius 3 is 2.83 bits per heavy atom. The van der Waals surface area contributed by atoms with Gasteiger partial charge < -0.3 is 4.90 Å². The van der Waals surface area contributed by atoms with Crippen LogP contribution in [-0.4, -0.2) is 38.9 Å². The van der Waals surface area contributed by atoms with Gasteiger partial charge in [0.25, 0.3) is 0 Å². The van der Waals surface area contributed by atoms with E-state index in [1.165, 1.54) is 16.6 Å². The van der Waals surface area contributed by atoms with Gasteiger partial charge in [-0.05, 0) is 34.0 Å². The van der Waals surface area contributed by atoms with Crippen LogP contribution in [0.4, 0.5) is 5.69 Å². The number of carbonyl (C=O) groups is 1. The second-order valence-corrected chi connectivity index (χ2v) is 6.75. The number of benzene rings is 1. The third-order valence-corrected chi connectivity index (χ3v) is 5.03. The number of aromatic nitrogens is 4. The lowest BCUT2D eigenvalue weighted by Crippen LogP contribution is -2.28. The molecule has 118 valence electrons. The zero-order valence-corrected chi connectivity index (χ0v) is 14.1. The van der Waals surface area contributed by atoms with Crippen LogP contribution < -0.4 is 4.90 Å². The molecule has 0 saturated carbocycles. The molecule has 0 spiro atoms. The SMILES string of the molecule is CN(C(=O)CSc1nnnn1Cc1cccs1)c1ccccc1. The minimum atomic E-state index is 0.00636. The van der Waals surface area contributed by atoms with Crippen LogP contribution in [0.1, 0.15) is 4.88 Å². The van der Waals surface area contributed by atoms with Gasteiger partial charge in [0, 0.05) is 17.6 Å². The molecule has 0 bridgehead atoms. The highest BCUT2D eigenvalue weighted by molar-refractivity contribution is 7.99. The Balaban J connectivity index is 1.60. The fourth-order valence-electron chi connectivity index (χ4n) is 1.97. The van der Waals surface area contributed by atoms with Crippen molar-refractivity contribution in [1.82, 2.24) is 20.2 Å². The quantitative estimate of drug-likeness (QED) is 0.643. The zero-order valence-electron chi connectivity index (χ0n) is 12.5. The van der Waals surface area contributed by atoms with Crippen molar-refractivity contribution < 1.29 is 4.79 Å². The number of para-hydroxylation sites is 1. The molecule has 0 fully saturated rings. The Labute approximate surface area is 142 Å². The van der Waals surface area contributed by atoms with Gasteiger partial charge in [0.1, 0.15) is 0 Å². The first kappa shape index (κ1) is 15.7. The second-order valence-electron chi connectivity index (χ2n) is 4.78. The van der Waals surface area contributed by atoms with Gasteiger partial charge in [0.05, 0.1) is 12.3 Å². The maximum atomic E-state index is 12.3. The van der Waals surface area contributed by atoms with Crippen molar-refractivity contribution in [3.05, 3.63) is 52.7 Å². The van der Waals surface area contributed by atoms with Gasteiger partial charge in [-0.2, -0.15) is 0 Å². The van der Waals surface area contributed by atoms with Crippen molar-refractivity contribution in [2.24, 2.45) is 0 Å². The molecule has 1 aromatic carbocycles. The number of nitrogens with zero attached hydrogens (tertiary/aromatic N) is 5. The van der Waals surface area contributed by atoms with E-state index in [1.807, 2.05) is 47.8 Å². The van der Waals surface area contributed by atoms with Crippen LogP contribution >= 0.6 is 23.1 Å². The number of tetrazole rings is 1. The molecule has 23 heavy (non-hydrogen) atoms. The van der Waals surface area contributed by atoms with Crippen LogP contribution in [0.2, 0.25) is 0 Å². The van der Waals surface area contributed by atoms with E-state index in [2.05, 4.69) is 15.5 Å². The average molecular weight is 345 g/mol. The van der Waals surface area contributed by atoms with E-state index < -0.39 is 0 Å². The Morgan fingerprint density at radius 2 is 2.09 bits per heavy atom. The molecule has 1 amide bonds. The molecule has 2 aromatic heterocycles. The predicted octanol–water partition coefficient (Wildman–Crippen LogP) is 2.54. The molecule has 0 radical (unpaired) electrons. The van der Waals surface area contributed by atoms with Gasteiger partial charge in [-0.15, -0.1) is 16.4 Å². The van der Waals surface area contributed by atoms with Crippen molar-refractivity contribution in [1.29, 1.82) is 0 Å². The standard InChI is InChI=1S/C15H15N5OS2/c1-19(12-6-3-2-4-7-12)14(21)11-23-15-16-17-18-20(15)10-13-8-5-9-22-13/h2-9H,10-11H2,1H3. The summed E-state index contributed by atoms with van der Waals surface area (Å²) >= 11 is 3.00. The van der Waals surface area contributed by atoms with E-state index in [4.69, 9.17) is 0 Å². The van der Waals surface area contributed by atoms with Crippen LogP contribution in [0.15, 0.2) is 53.0 Å². The molecule has 6 nitrogen and oxygen atoms in total. The van der Waals surface area contributed by atoms with Crippen LogP contribution in [0.5, 0.6) is 0 Å². The van der Waals surface area contributed by atoms with Gasteiger partial charge in [0.15, 0.2) is 0 Å². The minimum Gasteiger partial charge on any atom is -0.315 e. The molecule has 0 unspecified atom stereocenters. The van der Waals surface area contributed by atoms with Crippen molar-refractivity contribution >= 4 is 34.7 Å². The van der Waals surface area contributed by atoms with Crippen LogP contribution in [0.25, 0.3) is 0 Å². The summed E-state index contributed by atoms with van der Waals surface area (Å²) in [6, 6.07) is 13.6. The summed E-state index contributed by atoms with van der Waals surface area (Å²) in [5.74, 6) is 0.294. The lowest BCUT2D eigenvalue weighted by atomic mass is 10.3. The molecule has 0 aliphatic rings. The number of rotatable bonds is 6. The van der Waals surface area contributed by atoms with E-state index in [0.717, 1.165) is 5.69 Å². The van der Waals surface area contributed by atoms with Gasteiger partial charge >= 0.3 is 0 Å². The molecule has 2 heterocycles. The van der Waals surface area contributed by atoms with E-state index in [-0.39, 0.29) is 11.7 Å². The highest BCUT2D eigenvalue weighted by Gasteiger charge is 2.14. The molecule has 3 aromatic rings. The summed E-state index contributed by atoms with van der Waals surface area (Å²) in [6.45, 7) is 0.621. The first-order valence-electron chi connectivity index (χ1n) is 6.97. The second kappa shape index (κ2) is 7.38. The number of hydrogen-bond donors (Lipinski definition) is 0. The highest BCUT2D eigenvalue weighted by Crippen LogP contribution is 2.19. The third-order valence-electron chi connectivity index (χ3n) is 3.23. The number of thioether (sulfide) groups is 1. The molecule has 0 N–H and O–H groups in total. The maximum Gasteiger partial charge on any atom is 0.237 e. The first-order chi connectivity index (χ1) is 11.2. The summed E-state index contributed by atoms with van der Waals surface area (Å²) in [4.78, 5) is 15.1. The van der Waals surface area contributed by atoms with Crippen molar-refractivity contribution in [3.8, 4) is 0 Å². The number of thiophene rings is 1. The summed E-state index contributed by atoms with van der Waals surface area (Å²) in [6.07, 6.45) is 0. The average Bonchev–Trinajstić information content (AvgIpc) is 3.25. The molecule has 3 rings (SSSR count). The monoisotopic (exact) mass is 345 g/mol. The lowest BCUT2D eigenvalue weighted by molar-refractivity contribution is -0.115. The van der Waals surface area contributed by atoms with Gasteiger partial charge in [-0.25, -0.2) is 4.68 Å². The molecule has 0 atom stereocenters. The Bertz CT molecular complexity index is 757. The highest BCUT2D eigenvalue weighted by atomic mass is 32.2. The van der Waals surface area contributed by atoms with Gasteiger partial charge in [-0.3, -0.25) is 4.79 Å². The van der Waals surface area contributed by atoms with E-state index in [1.54, 1.807) is 28.0 Å². The van der Waals surface area contributed by atoms with Crippen molar-refractivity contribution in [2.45, 2.75) is 11.7 Å². The summed E-state index contributed by atoms with van der Waals surface area (Å²) < 4.78 is 1.71. The number of amides is 1. The van der Waals surface area contributed by atoms with E-state index in [0.29, 0.717) is 11.7 Å². The molecule has 8 heteroatoms. The fourth-order valence-corrected chi connectivity index (χ4v) is 3.44. The predicted molar refractivity (Wildman–Crippen MR) is 91.8 cm³/mol. The van der Waals surface area contributed by atoms with Gasteiger partial charge in [-0.1, -0.05) is 36.0 Å². The summed E-state index contributed by atoms with van der Waals surface area (Å²) in [7, 11) is 1.77. The lowest BCUT2D eigenvalue weighted by Gasteiger charge is -2.16. The van der Waals surface area contributed by atoms with Crippen LogP contribution in [0.3, 0.4) is 0 Å². The van der Waals surface area contributed by atoms with Crippen molar-refractivity contribution in [2.75, 3.05) is 17.7 Å². The Kier molecular flexibility index (Phi) is 5.04. The Hall–Kier alpha value is -2.19. The summed E-state index contributed by atoms with van der Waals surface area (Å²) in [5.41, 5.74) is 0.872. The Morgan fingerprint density at radius 1 is 1.26 bits per heavy atom. The first-order valence-corrected chi connectivity index (χ1v) is 8.83.